The standard InChI is InChI=1S/C17H28O6/c1-21-10-6-13(19)17-11(8-16(20)23-15(17)7-10)9-3-4-12(18)14(5-9)22-2/h9-15,17-19H,3-8H2,1-2H3. The highest BCUT2D eigenvalue weighted by Gasteiger charge is 2.50. The van der Waals surface area contributed by atoms with Crippen molar-refractivity contribution in [1.29, 1.82) is 0 Å². The Morgan fingerprint density at radius 3 is 2.52 bits per heavy atom. The Hall–Kier alpha value is -0.690. The molecular formula is C17H28O6. The number of carbonyl (C=O) groups is 1. The SMILES string of the molecule is COC1CC(O)C2C(C1)OC(=O)CC2C1CCC(O)C(OC)C1. The smallest absolute Gasteiger partial charge is 0.306 e. The van der Waals surface area contributed by atoms with E-state index in [-0.39, 0.29) is 42.0 Å². The predicted octanol–water partition coefficient (Wildman–Crippen LogP) is 0.880. The summed E-state index contributed by atoms with van der Waals surface area (Å²) in [4.78, 5) is 12.1. The fraction of sp³-hybridized carbons (Fsp3) is 0.941. The molecule has 1 aliphatic heterocycles. The largest absolute Gasteiger partial charge is 0.462 e. The van der Waals surface area contributed by atoms with Crippen molar-refractivity contribution in [2.45, 2.75) is 69.0 Å². The Kier molecular flexibility index (Phi) is 5.26. The quantitative estimate of drug-likeness (QED) is 0.748. The van der Waals surface area contributed by atoms with E-state index in [0.29, 0.717) is 25.7 Å². The second-order valence-corrected chi connectivity index (χ2v) is 7.28. The molecule has 132 valence electrons. The molecule has 1 saturated heterocycles. The Morgan fingerprint density at radius 1 is 1.04 bits per heavy atom. The number of aliphatic hydroxyl groups excluding tert-OH is 2. The maximum atomic E-state index is 12.1. The van der Waals surface area contributed by atoms with Gasteiger partial charge in [-0.05, 0) is 31.1 Å². The number of hydrogen-bond donors (Lipinski definition) is 2. The molecule has 0 radical (unpaired) electrons. The van der Waals surface area contributed by atoms with Crippen LogP contribution in [0.25, 0.3) is 0 Å². The Morgan fingerprint density at radius 2 is 1.83 bits per heavy atom. The minimum atomic E-state index is -0.510. The lowest BCUT2D eigenvalue weighted by molar-refractivity contribution is -0.190. The molecule has 3 fully saturated rings. The molecule has 0 bridgehead atoms. The number of rotatable bonds is 3. The highest BCUT2D eigenvalue weighted by Crippen LogP contribution is 2.46. The van der Waals surface area contributed by atoms with E-state index in [1.807, 2.05) is 0 Å². The summed E-state index contributed by atoms with van der Waals surface area (Å²) in [5, 5.41) is 20.6. The second kappa shape index (κ2) is 7.05. The first-order valence-electron chi connectivity index (χ1n) is 8.64. The van der Waals surface area contributed by atoms with Gasteiger partial charge in [-0.1, -0.05) is 0 Å². The first-order chi connectivity index (χ1) is 11.0. The maximum Gasteiger partial charge on any atom is 0.306 e. The number of methoxy groups -OCH3 is 2. The summed E-state index contributed by atoms with van der Waals surface area (Å²) in [5.41, 5.74) is 0. The lowest BCUT2D eigenvalue weighted by Gasteiger charge is -2.49. The van der Waals surface area contributed by atoms with E-state index in [2.05, 4.69) is 0 Å². The lowest BCUT2D eigenvalue weighted by Crippen LogP contribution is -2.54. The van der Waals surface area contributed by atoms with Crippen LogP contribution in [0.1, 0.15) is 38.5 Å². The van der Waals surface area contributed by atoms with Crippen molar-refractivity contribution in [1.82, 2.24) is 0 Å². The van der Waals surface area contributed by atoms with E-state index in [1.54, 1.807) is 14.2 Å². The zero-order valence-corrected chi connectivity index (χ0v) is 13.9. The minimum absolute atomic E-state index is 0.0307. The van der Waals surface area contributed by atoms with Gasteiger partial charge in [0.2, 0.25) is 0 Å². The molecule has 2 N–H and O–H groups in total. The van der Waals surface area contributed by atoms with Crippen LogP contribution in [0, 0.1) is 17.8 Å². The number of aliphatic hydroxyl groups is 2. The lowest BCUT2D eigenvalue weighted by atomic mass is 9.64. The molecule has 0 spiro atoms. The van der Waals surface area contributed by atoms with Gasteiger partial charge in [-0.2, -0.15) is 0 Å². The number of fused-ring (bicyclic) bond motifs is 1. The van der Waals surface area contributed by atoms with Crippen LogP contribution >= 0.6 is 0 Å². The number of hydrogen-bond acceptors (Lipinski definition) is 6. The molecule has 6 heteroatoms. The van der Waals surface area contributed by atoms with Gasteiger partial charge in [0.05, 0.1) is 24.4 Å². The summed E-state index contributed by atoms with van der Waals surface area (Å²) in [5.74, 6) is 0.161. The van der Waals surface area contributed by atoms with Gasteiger partial charge in [0.15, 0.2) is 0 Å². The number of esters is 1. The average molecular weight is 328 g/mol. The summed E-state index contributed by atoms with van der Waals surface area (Å²) >= 11 is 0. The third-order valence-electron chi connectivity index (χ3n) is 6.09. The summed E-state index contributed by atoms with van der Waals surface area (Å²) in [6.45, 7) is 0. The number of carbonyl (C=O) groups excluding carboxylic acids is 1. The van der Waals surface area contributed by atoms with Crippen molar-refractivity contribution < 1.29 is 29.2 Å². The number of ether oxygens (including phenoxy) is 3. The first-order valence-corrected chi connectivity index (χ1v) is 8.64. The van der Waals surface area contributed by atoms with Crippen LogP contribution in [-0.4, -0.2) is 60.9 Å². The van der Waals surface area contributed by atoms with E-state index >= 15 is 0 Å². The van der Waals surface area contributed by atoms with Gasteiger partial charge in [0.1, 0.15) is 6.10 Å². The van der Waals surface area contributed by atoms with Crippen molar-refractivity contribution >= 4 is 5.97 Å². The molecule has 8 unspecified atom stereocenters. The van der Waals surface area contributed by atoms with E-state index in [9.17, 15) is 15.0 Å². The third-order valence-corrected chi connectivity index (χ3v) is 6.09. The Balaban J connectivity index is 1.76. The zero-order chi connectivity index (χ0) is 16.6. The molecular weight excluding hydrogens is 300 g/mol. The van der Waals surface area contributed by atoms with Crippen LogP contribution in [0.5, 0.6) is 0 Å². The highest BCUT2D eigenvalue weighted by atomic mass is 16.5. The Labute approximate surface area is 137 Å². The van der Waals surface area contributed by atoms with Gasteiger partial charge in [-0.3, -0.25) is 4.79 Å². The Bertz CT molecular complexity index is 427. The molecule has 0 amide bonds. The maximum absolute atomic E-state index is 12.1. The summed E-state index contributed by atoms with van der Waals surface area (Å²) in [7, 11) is 3.25. The normalized spacial score (nSPS) is 47.7. The fourth-order valence-electron chi connectivity index (χ4n) is 4.88. The topological polar surface area (TPSA) is 85.2 Å². The van der Waals surface area contributed by atoms with Gasteiger partial charge in [0, 0.05) is 39.4 Å². The molecule has 2 aliphatic carbocycles. The molecule has 2 saturated carbocycles. The van der Waals surface area contributed by atoms with Crippen LogP contribution in [0.3, 0.4) is 0 Å². The van der Waals surface area contributed by atoms with Crippen molar-refractivity contribution in [3.63, 3.8) is 0 Å². The van der Waals surface area contributed by atoms with Crippen LogP contribution in [0.15, 0.2) is 0 Å². The molecule has 0 aromatic heterocycles. The van der Waals surface area contributed by atoms with Crippen molar-refractivity contribution in [3.8, 4) is 0 Å². The molecule has 8 atom stereocenters. The van der Waals surface area contributed by atoms with E-state index in [0.717, 1.165) is 12.8 Å². The van der Waals surface area contributed by atoms with Gasteiger partial charge in [-0.25, -0.2) is 0 Å². The zero-order valence-electron chi connectivity index (χ0n) is 13.9. The van der Waals surface area contributed by atoms with Crippen molar-refractivity contribution in [2.75, 3.05) is 14.2 Å². The third kappa shape index (κ3) is 3.40. The molecule has 1 heterocycles. The molecule has 23 heavy (non-hydrogen) atoms. The summed E-state index contributed by atoms with van der Waals surface area (Å²) in [6, 6.07) is 0. The first kappa shape index (κ1) is 17.1. The molecule has 0 aromatic rings. The van der Waals surface area contributed by atoms with E-state index < -0.39 is 12.2 Å². The van der Waals surface area contributed by atoms with Crippen LogP contribution in [0.4, 0.5) is 0 Å². The van der Waals surface area contributed by atoms with Crippen LogP contribution < -0.4 is 0 Å². The van der Waals surface area contributed by atoms with Gasteiger partial charge >= 0.3 is 5.97 Å². The second-order valence-electron chi connectivity index (χ2n) is 7.28. The average Bonchev–Trinajstić information content (AvgIpc) is 2.53. The van der Waals surface area contributed by atoms with Crippen molar-refractivity contribution in [3.05, 3.63) is 0 Å². The predicted molar refractivity (Wildman–Crippen MR) is 81.7 cm³/mol. The van der Waals surface area contributed by atoms with Gasteiger partial charge in [-0.15, -0.1) is 0 Å². The van der Waals surface area contributed by atoms with Crippen molar-refractivity contribution in [2.24, 2.45) is 17.8 Å². The monoisotopic (exact) mass is 328 g/mol. The molecule has 3 aliphatic rings. The van der Waals surface area contributed by atoms with Crippen LogP contribution in [-0.2, 0) is 19.0 Å². The summed E-state index contributed by atoms with van der Waals surface area (Å²) < 4.78 is 16.3. The minimum Gasteiger partial charge on any atom is -0.462 e. The van der Waals surface area contributed by atoms with E-state index in [1.165, 1.54) is 0 Å². The molecule has 3 rings (SSSR count). The molecule has 6 nitrogen and oxygen atoms in total. The molecule has 0 aromatic carbocycles. The fourth-order valence-corrected chi connectivity index (χ4v) is 4.88. The van der Waals surface area contributed by atoms with Crippen LogP contribution in [0.2, 0.25) is 0 Å². The van der Waals surface area contributed by atoms with Gasteiger partial charge < -0.3 is 24.4 Å². The highest BCUT2D eigenvalue weighted by molar-refractivity contribution is 5.71. The van der Waals surface area contributed by atoms with Gasteiger partial charge in [0.25, 0.3) is 0 Å². The van der Waals surface area contributed by atoms with E-state index in [4.69, 9.17) is 14.2 Å². The summed E-state index contributed by atoms with van der Waals surface area (Å²) in [6.07, 6.45) is 2.44.